The molecular formula is C19H21N5O2. The Balaban J connectivity index is 1.86. The van der Waals surface area contributed by atoms with Gasteiger partial charge in [-0.25, -0.2) is 4.98 Å². The van der Waals surface area contributed by atoms with Gasteiger partial charge in [0.2, 0.25) is 5.82 Å². The third kappa shape index (κ3) is 3.72. The van der Waals surface area contributed by atoms with Crippen molar-refractivity contribution in [2.45, 2.75) is 32.9 Å². The maximum atomic E-state index is 12.6. The van der Waals surface area contributed by atoms with Gasteiger partial charge in [0.15, 0.2) is 5.69 Å². The van der Waals surface area contributed by atoms with Crippen molar-refractivity contribution in [3.05, 3.63) is 66.0 Å². The van der Waals surface area contributed by atoms with E-state index < -0.39 is 0 Å². The quantitative estimate of drug-likeness (QED) is 0.712. The zero-order valence-corrected chi connectivity index (χ0v) is 14.8. The Bertz CT molecular complexity index is 920. The molecule has 3 aromatic rings. The monoisotopic (exact) mass is 351 g/mol. The van der Waals surface area contributed by atoms with E-state index in [9.17, 15) is 9.59 Å². The highest BCUT2D eigenvalue weighted by Crippen LogP contribution is 2.14. The van der Waals surface area contributed by atoms with Gasteiger partial charge in [-0.3, -0.25) is 19.0 Å². The molecule has 3 heterocycles. The lowest BCUT2D eigenvalue weighted by molar-refractivity contribution is 0.0928. The second-order valence-electron chi connectivity index (χ2n) is 6.07. The second-order valence-corrected chi connectivity index (χ2v) is 6.07. The van der Waals surface area contributed by atoms with Gasteiger partial charge < -0.3 is 10.6 Å². The molecule has 1 atom stereocenters. The molecule has 134 valence electrons. The number of fused-ring (bicyclic) bond motifs is 1. The highest BCUT2D eigenvalue weighted by molar-refractivity contribution is 6.02. The van der Waals surface area contributed by atoms with Gasteiger partial charge in [-0.15, -0.1) is 0 Å². The number of nitrogens with zero attached hydrogens (tertiary/aromatic N) is 3. The molecule has 0 radical (unpaired) electrons. The van der Waals surface area contributed by atoms with E-state index in [4.69, 9.17) is 0 Å². The molecular weight excluding hydrogens is 330 g/mol. The number of pyridine rings is 2. The van der Waals surface area contributed by atoms with Crippen molar-refractivity contribution >= 4 is 17.3 Å². The molecule has 0 aliphatic heterocycles. The van der Waals surface area contributed by atoms with Crippen LogP contribution in [0, 0.1) is 0 Å². The summed E-state index contributed by atoms with van der Waals surface area (Å²) < 4.78 is 1.64. The number of carbonyl (C=O) groups excluding carboxylic acids is 2. The molecule has 2 N–H and O–H groups in total. The summed E-state index contributed by atoms with van der Waals surface area (Å²) in [7, 11) is 0. The van der Waals surface area contributed by atoms with Gasteiger partial charge in [-0.2, -0.15) is 0 Å². The van der Waals surface area contributed by atoms with Gasteiger partial charge in [0.1, 0.15) is 0 Å². The van der Waals surface area contributed by atoms with Crippen LogP contribution in [0.25, 0.3) is 5.52 Å². The topological polar surface area (TPSA) is 88.4 Å². The van der Waals surface area contributed by atoms with Crippen LogP contribution in [0.1, 0.15) is 46.9 Å². The van der Waals surface area contributed by atoms with Crippen LogP contribution in [0.4, 0.5) is 0 Å². The normalized spacial score (nSPS) is 11.9. The van der Waals surface area contributed by atoms with Crippen molar-refractivity contribution < 1.29 is 9.59 Å². The Morgan fingerprint density at radius 1 is 1.19 bits per heavy atom. The Morgan fingerprint density at radius 2 is 2.04 bits per heavy atom. The molecule has 0 aliphatic carbocycles. The summed E-state index contributed by atoms with van der Waals surface area (Å²) >= 11 is 0. The fourth-order valence-electron chi connectivity index (χ4n) is 2.52. The number of amides is 2. The number of carbonyl (C=O) groups is 2. The molecule has 0 aromatic carbocycles. The summed E-state index contributed by atoms with van der Waals surface area (Å²) in [6.45, 7) is 4.26. The first kappa shape index (κ1) is 17.6. The zero-order valence-electron chi connectivity index (χ0n) is 14.8. The van der Waals surface area contributed by atoms with Crippen molar-refractivity contribution in [3.8, 4) is 0 Å². The van der Waals surface area contributed by atoms with E-state index in [1.165, 1.54) is 0 Å². The van der Waals surface area contributed by atoms with Gasteiger partial charge in [-0.1, -0.05) is 19.1 Å². The lowest BCUT2D eigenvalue weighted by Gasteiger charge is -2.10. The largest absolute Gasteiger partial charge is 0.347 e. The van der Waals surface area contributed by atoms with Crippen LogP contribution in [0.2, 0.25) is 0 Å². The van der Waals surface area contributed by atoms with Gasteiger partial charge in [0.25, 0.3) is 11.8 Å². The molecule has 0 fully saturated rings. The number of aromatic nitrogens is 3. The van der Waals surface area contributed by atoms with Crippen molar-refractivity contribution in [2.75, 3.05) is 0 Å². The van der Waals surface area contributed by atoms with Crippen LogP contribution < -0.4 is 10.6 Å². The smallest absolute Gasteiger partial charge is 0.287 e. The molecule has 0 saturated carbocycles. The van der Waals surface area contributed by atoms with Crippen LogP contribution in [0.5, 0.6) is 0 Å². The minimum absolute atomic E-state index is 0.0291. The van der Waals surface area contributed by atoms with E-state index >= 15 is 0 Å². The Labute approximate surface area is 151 Å². The number of nitrogens with one attached hydrogen (secondary N) is 2. The molecule has 7 nitrogen and oxygen atoms in total. The van der Waals surface area contributed by atoms with Crippen LogP contribution in [-0.4, -0.2) is 32.2 Å². The first-order chi connectivity index (χ1) is 12.6. The SMILES string of the molecule is CCC(C)NC(=O)c1nc(C(=O)NCc2cccnc2)c2ccccn12. The van der Waals surface area contributed by atoms with E-state index in [1.54, 1.807) is 35.1 Å². The minimum Gasteiger partial charge on any atom is -0.347 e. The summed E-state index contributed by atoms with van der Waals surface area (Å²) in [5, 5.41) is 5.71. The molecule has 26 heavy (non-hydrogen) atoms. The predicted octanol–water partition coefficient (Wildman–Crippen LogP) is 2.19. The molecule has 3 aromatic heterocycles. The van der Waals surface area contributed by atoms with E-state index in [1.807, 2.05) is 32.0 Å². The molecule has 0 aliphatic rings. The third-order valence-electron chi connectivity index (χ3n) is 4.13. The molecule has 3 rings (SSSR count). The van der Waals surface area contributed by atoms with Gasteiger partial charge >= 0.3 is 0 Å². The average Bonchev–Trinajstić information content (AvgIpc) is 3.06. The Morgan fingerprint density at radius 3 is 2.77 bits per heavy atom. The number of rotatable bonds is 6. The summed E-state index contributed by atoms with van der Waals surface area (Å²) in [5.41, 5.74) is 1.70. The maximum Gasteiger partial charge on any atom is 0.287 e. The first-order valence-corrected chi connectivity index (χ1v) is 8.55. The minimum atomic E-state index is -0.333. The van der Waals surface area contributed by atoms with E-state index in [0.29, 0.717) is 12.1 Å². The summed E-state index contributed by atoms with van der Waals surface area (Å²) in [4.78, 5) is 33.5. The summed E-state index contributed by atoms with van der Waals surface area (Å²) in [6, 6.07) is 9.10. The molecule has 2 amide bonds. The van der Waals surface area contributed by atoms with Crippen LogP contribution in [-0.2, 0) is 6.54 Å². The standard InChI is InChI=1S/C19H21N5O2/c1-3-13(2)22-19(26)17-23-16(15-8-4-5-10-24(15)17)18(25)21-12-14-7-6-9-20-11-14/h4-11,13H,3,12H2,1-2H3,(H,21,25)(H,22,26). The van der Waals surface area contributed by atoms with E-state index in [2.05, 4.69) is 20.6 Å². The summed E-state index contributed by atoms with van der Waals surface area (Å²) in [6.07, 6.45) is 5.91. The number of imidazole rings is 1. The Kier molecular flexibility index (Phi) is 5.26. The lowest BCUT2D eigenvalue weighted by atomic mass is 10.2. The highest BCUT2D eigenvalue weighted by Gasteiger charge is 2.21. The summed E-state index contributed by atoms with van der Waals surface area (Å²) in [5.74, 6) is -0.431. The van der Waals surface area contributed by atoms with Crippen LogP contribution >= 0.6 is 0 Å². The van der Waals surface area contributed by atoms with Crippen LogP contribution in [0.15, 0.2) is 48.9 Å². The molecule has 0 spiro atoms. The van der Waals surface area contributed by atoms with Crippen molar-refractivity contribution in [1.29, 1.82) is 0 Å². The molecule has 0 bridgehead atoms. The van der Waals surface area contributed by atoms with Gasteiger partial charge in [-0.05, 0) is 37.1 Å². The van der Waals surface area contributed by atoms with Crippen LogP contribution in [0.3, 0.4) is 0 Å². The average molecular weight is 351 g/mol. The second kappa shape index (κ2) is 7.77. The highest BCUT2D eigenvalue weighted by atomic mass is 16.2. The van der Waals surface area contributed by atoms with Crippen molar-refractivity contribution in [2.24, 2.45) is 0 Å². The van der Waals surface area contributed by atoms with E-state index in [0.717, 1.165) is 12.0 Å². The fourth-order valence-corrected chi connectivity index (χ4v) is 2.52. The predicted molar refractivity (Wildman–Crippen MR) is 97.8 cm³/mol. The fraction of sp³-hybridized carbons (Fsp3) is 0.263. The Hall–Kier alpha value is -3.22. The van der Waals surface area contributed by atoms with Gasteiger partial charge in [0.05, 0.1) is 5.52 Å². The maximum absolute atomic E-state index is 12.6. The first-order valence-electron chi connectivity index (χ1n) is 8.55. The number of hydrogen-bond donors (Lipinski definition) is 2. The zero-order chi connectivity index (χ0) is 18.5. The van der Waals surface area contributed by atoms with Gasteiger partial charge in [0, 0.05) is 31.2 Å². The molecule has 1 unspecified atom stereocenters. The van der Waals surface area contributed by atoms with E-state index in [-0.39, 0.29) is 29.4 Å². The molecule has 0 saturated heterocycles. The number of hydrogen-bond acceptors (Lipinski definition) is 4. The molecule has 7 heteroatoms. The third-order valence-corrected chi connectivity index (χ3v) is 4.13. The van der Waals surface area contributed by atoms with Crippen molar-refractivity contribution in [1.82, 2.24) is 25.0 Å². The lowest BCUT2D eigenvalue weighted by Crippen LogP contribution is -2.33. The van der Waals surface area contributed by atoms with Crippen molar-refractivity contribution in [3.63, 3.8) is 0 Å².